The number of anilines is 1. The van der Waals surface area contributed by atoms with E-state index in [2.05, 4.69) is 5.32 Å². The van der Waals surface area contributed by atoms with Crippen LogP contribution in [0.1, 0.15) is 21.5 Å². The number of ether oxygens (including phenoxy) is 1. The Morgan fingerprint density at radius 3 is 2.26 bits per heavy atom. The second-order valence-electron chi connectivity index (χ2n) is 7.62. The molecule has 1 fully saturated rings. The van der Waals surface area contributed by atoms with Crippen molar-refractivity contribution in [3.05, 3.63) is 59.2 Å². The first-order chi connectivity index (χ1) is 14.8. The Balaban J connectivity index is 1.45. The number of amides is 3. The summed E-state index contributed by atoms with van der Waals surface area (Å²) in [6, 6.07) is 12.5. The van der Waals surface area contributed by atoms with Crippen LogP contribution in [0.25, 0.3) is 0 Å². The van der Waals surface area contributed by atoms with Crippen LogP contribution in [0.15, 0.2) is 42.5 Å². The lowest BCUT2D eigenvalue weighted by molar-refractivity contribution is -0.135. The van der Waals surface area contributed by atoms with Crippen LogP contribution in [0.5, 0.6) is 5.75 Å². The van der Waals surface area contributed by atoms with Crippen LogP contribution < -0.4 is 15.8 Å². The Kier molecular flexibility index (Phi) is 7.25. The van der Waals surface area contributed by atoms with Crippen molar-refractivity contribution in [3.8, 4) is 5.75 Å². The summed E-state index contributed by atoms with van der Waals surface area (Å²) in [5, 5.41) is 2.99. The average Bonchev–Trinajstić information content (AvgIpc) is 2.75. The second-order valence-corrected chi connectivity index (χ2v) is 7.62. The lowest BCUT2D eigenvalue weighted by atomic mass is 10.1. The highest BCUT2D eigenvalue weighted by Crippen LogP contribution is 2.20. The fraction of sp³-hybridized carbons (Fsp3) is 0.348. The molecule has 0 unspecified atom stereocenters. The molecule has 1 heterocycles. The van der Waals surface area contributed by atoms with Crippen molar-refractivity contribution in [2.45, 2.75) is 13.8 Å². The standard InChI is InChI=1S/C23H28N4O4/c1-16-6-5-7-17(2)22(16)25-20(28)14-26-10-12-27(13-11-26)21(29)15-31-19-9-4-3-8-18(19)23(24)30/h3-9H,10-15H2,1-2H3,(H2,24,30)(H,25,28). The minimum Gasteiger partial charge on any atom is -0.483 e. The summed E-state index contributed by atoms with van der Waals surface area (Å²) < 4.78 is 5.52. The summed E-state index contributed by atoms with van der Waals surface area (Å²) in [5.41, 5.74) is 8.49. The minimum atomic E-state index is -0.601. The number of nitrogens with zero attached hydrogens (tertiary/aromatic N) is 2. The Labute approximate surface area is 182 Å². The Bertz CT molecular complexity index is 948. The molecule has 3 N–H and O–H groups in total. The molecule has 0 spiro atoms. The van der Waals surface area contributed by atoms with E-state index in [-0.39, 0.29) is 30.5 Å². The normalized spacial score (nSPS) is 14.2. The molecule has 2 aromatic rings. The SMILES string of the molecule is Cc1cccc(C)c1NC(=O)CN1CCN(C(=O)COc2ccccc2C(N)=O)CC1. The average molecular weight is 425 g/mol. The number of carbonyl (C=O) groups is 3. The molecule has 164 valence electrons. The largest absolute Gasteiger partial charge is 0.483 e. The molecule has 0 aromatic heterocycles. The maximum Gasteiger partial charge on any atom is 0.260 e. The lowest BCUT2D eigenvalue weighted by Gasteiger charge is -2.34. The van der Waals surface area contributed by atoms with Gasteiger partial charge in [-0.2, -0.15) is 0 Å². The van der Waals surface area contributed by atoms with Crippen LogP contribution in [-0.2, 0) is 9.59 Å². The van der Waals surface area contributed by atoms with Gasteiger partial charge in [0.25, 0.3) is 11.8 Å². The predicted molar refractivity (Wildman–Crippen MR) is 118 cm³/mol. The molecule has 1 saturated heterocycles. The van der Waals surface area contributed by atoms with Crippen LogP contribution in [0.4, 0.5) is 5.69 Å². The number of hydrogen-bond donors (Lipinski definition) is 2. The van der Waals surface area contributed by atoms with Crippen LogP contribution in [0.3, 0.4) is 0 Å². The van der Waals surface area contributed by atoms with Gasteiger partial charge in [-0.3, -0.25) is 19.3 Å². The van der Waals surface area contributed by atoms with E-state index in [1.165, 1.54) is 0 Å². The zero-order valence-corrected chi connectivity index (χ0v) is 17.9. The molecule has 31 heavy (non-hydrogen) atoms. The van der Waals surface area contributed by atoms with E-state index in [0.29, 0.717) is 31.9 Å². The van der Waals surface area contributed by atoms with Crippen LogP contribution >= 0.6 is 0 Å². The molecule has 3 amide bonds. The zero-order valence-electron chi connectivity index (χ0n) is 17.9. The summed E-state index contributed by atoms with van der Waals surface area (Å²) in [7, 11) is 0. The molecular formula is C23H28N4O4. The summed E-state index contributed by atoms with van der Waals surface area (Å²) in [6.07, 6.45) is 0. The molecule has 1 aliphatic rings. The molecule has 0 bridgehead atoms. The Morgan fingerprint density at radius 2 is 1.61 bits per heavy atom. The molecular weight excluding hydrogens is 396 g/mol. The van der Waals surface area contributed by atoms with Crippen molar-refractivity contribution in [1.82, 2.24) is 9.80 Å². The van der Waals surface area contributed by atoms with Crippen molar-refractivity contribution in [2.75, 3.05) is 44.6 Å². The Morgan fingerprint density at radius 1 is 0.968 bits per heavy atom. The van der Waals surface area contributed by atoms with E-state index in [9.17, 15) is 14.4 Å². The van der Waals surface area contributed by atoms with Gasteiger partial charge < -0.3 is 20.7 Å². The van der Waals surface area contributed by atoms with Gasteiger partial charge in [-0.25, -0.2) is 0 Å². The van der Waals surface area contributed by atoms with Gasteiger partial charge in [0.05, 0.1) is 12.1 Å². The Hall–Kier alpha value is -3.39. The zero-order chi connectivity index (χ0) is 22.4. The van der Waals surface area contributed by atoms with Crippen molar-refractivity contribution in [2.24, 2.45) is 5.73 Å². The maximum absolute atomic E-state index is 12.5. The number of aryl methyl sites for hydroxylation is 2. The van der Waals surface area contributed by atoms with Crippen LogP contribution in [-0.4, -0.2) is 66.9 Å². The number of hydrogen-bond acceptors (Lipinski definition) is 5. The summed E-state index contributed by atoms with van der Waals surface area (Å²) in [5.74, 6) is -0.538. The van der Waals surface area contributed by atoms with Gasteiger partial charge >= 0.3 is 0 Å². The number of para-hydroxylation sites is 2. The molecule has 8 heteroatoms. The van der Waals surface area contributed by atoms with Gasteiger partial charge in [-0.05, 0) is 37.1 Å². The topological polar surface area (TPSA) is 105 Å². The quantitative estimate of drug-likeness (QED) is 0.702. The highest BCUT2D eigenvalue weighted by Gasteiger charge is 2.23. The molecule has 0 aliphatic carbocycles. The minimum absolute atomic E-state index is 0.0661. The van der Waals surface area contributed by atoms with Gasteiger partial charge in [0.15, 0.2) is 6.61 Å². The van der Waals surface area contributed by atoms with Crippen LogP contribution in [0, 0.1) is 13.8 Å². The number of nitrogens with one attached hydrogen (secondary N) is 1. The van der Waals surface area contributed by atoms with Gasteiger partial charge in [0.1, 0.15) is 5.75 Å². The first-order valence-electron chi connectivity index (χ1n) is 10.2. The van der Waals surface area contributed by atoms with E-state index in [0.717, 1.165) is 16.8 Å². The molecule has 0 atom stereocenters. The molecule has 1 aliphatic heterocycles. The van der Waals surface area contributed by atoms with E-state index < -0.39 is 5.91 Å². The maximum atomic E-state index is 12.5. The highest BCUT2D eigenvalue weighted by atomic mass is 16.5. The fourth-order valence-electron chi connectivity index (χ4n) is 3.58. The van der Waals surface area contributed by atoms with E-state index in [1.54, 1.807) is 29.2 Å². The molecule has 2 aromatic carbocycles. The fourth-order valence-corrected chi connectivity index (χ4v) is 3.58. The predicted octanol–water partition coefficient (Wildman–Crippen LogP) is 1.56. The third kappa shape index (κ3) is 5.82. The molecule has 8 nitrogen and oxygen atoms in total. The van der Waals surface area contributed by atoms with Gasteiger partial charge in [0.2, 0.25) is 5.91 Å². The first-order valence-corrected chi connectivity index (χ1v) is 10.2. The highest BCUT2D eigenvalue weighted by molar-refractivity contribution is 5.95. The van der Waals surface area contributed by atoms with Gasteiger partial charge in [-0.1, -0.05) is 30.3 Å². The summed E-state index contributed by atoms with van der Waals surface area (Å²) >= 11 is 0. The van der Waals surface area contributed by atoms with Crippen molar-refractivity contribution in [3.63, 3.8) is 0 Å². The van der Waals surface area contributed by atoms with E-state index >= 15 is 0 Å². The number of carbonyl (C=O) groups excluding carboxylic acids is 3. The van der Waals surface area contributed by atoms with Crippen LogP contribution in [0.2, 0.25) is 0 Å². The third-order valence-electron chi connectivity index (χ3n) is 5.34. The van der Waals surface area contributed by atoms with Gasteiger partial charge in [-0.15, -0.1) is 0 Å². The third-order valence-corrected chi connectivity index (χ3v) is 5.34. The summed E-state index contributed by atoms with van der Waals surface area (Å²) in [4.78, 5) is 40.1. The first kappa shape index (κ1) is 22.3. The van der Waals surface area contributed by atoms with Crippen molar-refractivity contribution in [1.29, 1.82) is 0 Å². The number of benzene rings is 2. The number of rotatable bonds is 7. The number of nitrogens with two attached hydrogens (primary N) is 1. The van der Waals surface area contributed by atoms with E-state index in [4.69, 9.17) is 10.5 Å². The smallest absolute Gasteiger partial charge is 0.260 e. The van der Waals surface area contributed by atoms with Crippen molar-refractivity contribution < 1.29 is 19.1 Å². The number of primary amides is 1. The number of piperazine rings is 1. The molecule has 3 rings (SSSR count). The van der Waals surface area contributed by atoms with Gasteiger partial charge in [0, 0.05) is 31.9 Å². The monoisotopic (exact) mass is 424 g/mol. The van der Waals surface area contributed by atoms with Crippen molar-refractivity contribution >= 4 is 23.4 Å². The summed E-state index contributed by atoms with van der Waals surface area (Å²) in [6.45, 7) is 6.27. The molecule has 0 radical (unpaired) electrons. The second kappa shape index (κ2) is 10.1. The van der Waals surface area contributed by atoms with E-state index in [1.807, 2.05) is 36.9 Å². The molecule has 0 saturated carbocycles. The lowest BCUT2D eigenvalue weighted by Crippen LogP contribution is -2.51.